The summed E-state index contributed by atoms with van der Waals surface area (Å²) in [6.07, 6.45) is 3.27. The number of benzene rings is 4. The summed E-state index contributed by atoms with van der Waals surface area (Å²) in [6.45, 7) is 28.3. The number of nitrogens with one attached hydrogen (secondary N) is 1. The molecule has 8 rings (SSSR count). The highest BCUT2D eigenvalue weighted by molar-refractivity contribution is 7.80. The Morgan fingerprint density at radius 3 is 1.65 bits per heavy atom. The molecule has 0 aliphatic carbocycles. The van der Waals surface area contributed by atoms with Crippen molar-refractivity contribution in [2.24, 2.45) is 0 Å². The molecule has 2 aliphatic heterocycles. The fourth-order valence-electron chi connectivity index (χ4n) is 7.00. The highest BCUT2D eigenvalue weighted by Gasteiger charge is 2.24. The van der Waals surface area contributed by atoms with Crippen LogP contribution in [0.3, 0.4) is 0 Å². The van der Waals surface area contributed by atoms with Crippen LogP contribution in [0.1, 0.15) is 52.4 Å². The minimum Gasteiger partial charge on any atom is -0.397 e. The van der Waals surface area contributed by atoms with Crippen molar-refractivity contribution in [2.45, 2.75) is 60.8 Å². The van der Waals surface area contributed by atoms with Crippen LogP contribution in [-0.2, 0) is 11.2 Å². The lowest BCUT2D eigenvalue weighted by molar-refractivity contribution is 0.198. The molecule has 0 radical (unpaired) electrons. The zero-order chi connectivity index (χ0) is 39.4. The summed E-state index contributed by atoms with van der Waals surface area (Å²) in [6, 6.07) is 19.4. The number of nitrogens with zero attached hydrogens (tertiary/aromatic N) is 4. The summed E-state index contributed by atoms with van der Waals surface area (Å²) < 4.78 is 15.6. The van der Waals surface area contributed by atoms with Crippen molar-refractivity contribution < 1.29 is 13.8 Å². The van der Waals surface area contributed by atoms with E-state index >= 15 is 0 Å². The van der Waals surface area contributed by atoms with Crippen molar-refractivity contribution in [3.05, 3.63) is 123 Å². The fourth-order valence-corrected chi connectivity index (χ4v) is 7.25. The number of rotatable bonds is 4. The van der Waals surface area contributed by atoms with Gasteiger partial charge in [-0.2, -0.15) is 0 Å². The molecule has 0 spiro atoms. The fraction of sp³-hybridized carbons (Fsp3) is 0.250. The highest BCUT2D eigenvalue weighted by Crippen LogP contribution is 2.42. The van der Waals surface area contributed by atoms with Crippen LogP contribution < -0.4 is 16.8 Å². The standard InChI is InChI=1S/C21H17N3OS.C19H18N4O.C4H8O/c1-11-5-6-15(22-4)9-16(11)17-7-14(21-12(2)24-25-13(21)3)8-19-18(17)10-20(26)23-19;1-10-5-6-14(22-4)9-15(10)16-7-13(8-17(20)19(16)21)18-11(2)23-24-12(18)3;1-2-4-5-3-1/h5-9H,10H2,1-3H3,(H,23,26);5-9H,20-21H2,1-3H3;1-4H2. The number of hydrogen-bond donors (Lipinski definition) is 3. The van der Waals surface area contributed by atoms with E-state index in [-0.39, 0.29) is 0 Å². The second-order valence-electron chi connectivity index (χ2n) is 13.7. The van der Waals surface area contributed by atoms with Crippen LogP contribution in [0.15, 0.2) is 69.7 Å². The number of hydrogen-bond acceptors (Lipinski definition) is 8. The molecule has 0 saturated carbocycles. The largest absolute Gasteiger partial charge is 0.397 e. The molecule has 2 aromatic heterocycles. The summed E-state index contributed by atoms with van der Waals surface area (Å²) in [5.74, 6) is 1.52. The van der Waals surface area contributed by atoms with Crippen molar-refractivity contribution in [2.75, 3.05) is 30.0 Å². The topological polar surface area (TPSA) is 134 Å². The molecule has 0 atom stereocenters. The van der Waals surface area contributed by atoms with Crippen LogP contribution in [0.2, 0.25) is 0 Å². The zero-order valence-electron chi connectivity index (χ0n) is 31.9. The molecule has 11 heteroatoms. The number of thiocarbonyl (C=S) groups is 1. The van der Waals surface area contributed by atoms with E-state index in [2.05, 4.69) is 44.4 Å². The molecule has 0 amide bonds. The third-order valence-electron chi connectivity index (χ3n) is 9.83. The lowest BCUT2D eigenvalue weighted by Gasteiger charge is -2.14. The summed E-state index contributed by atoms with van der Waals surface area (Å²) >= 11 is 5.42. The van der Waals surface area contributed by atoms with Gasteiger partial charge in [0, 0.05) is 42.0 Å². The molecule has 10 nitrogen and oxygen atoms in total. The first-order chi connectivity index (χ1) is 26.4. The van der Waals surface area contributed by atoms with E-state index in [1.807, 2.05) is 77.1 Å². The number of fused-ring (bicyclic) bond motifs is 1. The Bertz CT molecular complexity index is 2470. The van der Waals surface area contributed by atoms with Gasteiger partial charge in [0.2, 0.25) is 0 Å². The summed E-state index contributed by atoms with van der Waals surface area (Å²) in [5.41, 5.74) is 28.4. The Hall–Kier alpha value is -6.27. The molecular formula is C44H43N7O3S. The van der Waals surface area contributed by atoms with Gasteiger partial charge >= 0.3 is 0 Å². The van der Waals surface area contributed by atoms with E-state index in [9.17, 15) is 0 Å². The second-order valence-corrected chi connectivity index (χ2v) is 14.2. The van der Waals surface area contributed by atoms with Crippen molar-refractivity contribution in [3.63, 3.8) is 0 Å². The maximum atomic E-state index is 7.34. The minimum atomic E-state index is 0.495. The number of anilines is 3. The third-order valence-corrected chi connectivity index (χ3v) is 10.1. The van der Waals surface area contributed by atoms with E-state index < -0.39 is 0 Å². The van der Waals surface area contributed by atoms with Gasteiger partial charge < -0.3 is 30.6 Å². The normalized spacial score (nSPS) is 12.8. The smallest absolute Gasteiger partial charge is 0.187 e. The SMILES string of the molecule is C1CCOC1.[C-]#[N+]c1ccc(C)c(-c2cc(-c3c(C)noc3C)cc(N)c2N)c1.[C-]#[N+]c1ccc(C)c(-c2cc(-c3c(C)noc3C)cc3c2CC(=S)N3)c1. The Morgan fingerprint density at radius 1 is 0.673 bits per heavy atom. The first-order valence-electron chi connectivity index (χ1n) is 18.0. The van der Waals surface area contributed by atoms with Gasteiger partial charge in [-0.1, -0.05) is 46.8 Å². The average Bonchev–Trinajstić information content (AvgIpc) is 3.99. The molecule has 0 bridgehead atoms. The number of nitrogen functional groups attached to an aromatic ring is 2. The van der Waals surface area contributed by atoms with Gasteiger partial charge in [0.05, 0.1) is 40.9 Å². The molecule has 278 valence electrons. The Morgan fingerprint density at radius 2 is 1.18 bits per heavy atom. The van der Waals surface area contributed by atoms with Crippen LogP contribution in [0.4, 0.5) is 28.4 Å². The Balaban J connectivity index is 0.000000166. The van der Waals surface area contributed by atoms with Gasteiger partial charge in [-0.15, -0.1) is 0 Å². The van der Waals surface area contributed by atoms with E-state index in [1.54, 1.807) is 6.07 Å². The zero-order valence-corrected chi connectivity index (χ0v) is 32.7. The van der Waals surface area contributed by atoms with Gasteiger partial charge in [0.15, 0.2) is 11.4 Å². The second kappa shape index (κ2) is 16.4. The first-order valence-corrected chi connectivity index (χ1v) is 18.4. The summed E-state index contributed by atoms with van der Waals surface area (Å²) in [4.78, 5) is 7.91. The van der Waals surface area contributed by atoms with Crippen LogP contribution >= 0.6 is 12.2 Å². The Labute approximate surface area is 327 Å². The summed E-state index contributed by atoms with van der Waals surface area (Å²) in [7, 11) is 0. The third kappa shape index (κ3) is 8.14. The van der Waals surface area contributed by atoms with E-state index in [1.165, 1.54) is 18.4 Å². The molecule has 1 fully saturated rings. The molecule has 4 heterocycles. The quantitative estimate of drug-likeness (QED) is 0.0914. The van der Waals surface area contributed by atoms with Crippen molar-refractivity contribution >= 4 is 45.6 Å². The van der Waals surface area contributed by atoms with Gasteiger partial charge in [0.25, 0.3) is 0 Å². The van der Waals surface area contributed by atoms with Crippen LogP contribution in [0.5, 0.6) is 0 Å². The number of aryl methyl sites for hydroxylation is 6. The molecule has 0 unspecified atom stereocenters. The molecule has 55 heavy (non-hydrogen) atoms. The first kappa shape index (κ1) is 38.5. The van der Waals surface area contributed by atoms with Crippen molar-refractivity contribution in [3.8, 4) is 44.5 Å². The average molecular weight is 750 g/mol. The van der Waals surface area contributed by atoms with E-state index in [4.69, 9.17) is 50.6 Å². The molecule has 4 aromatic carbocycles. The molecule has 6 aromatic rings. The Kier molecular flexibility index (Phi) is 11.5. The predicted molar refractivity (Wildman–Crippen MR) is 224 cm³/mol. The van der Waals surface area contributed by atoms with E-state index in [0.29, 0.717) is 29.2 Å². The monoisotopic (exact) mass is 749 g/mol. The minimum absolute atomic E-state index is 0.495. The molecule has 5 N–H and O–H groups in total. The lowest BCUT2D eigenvalue weighted by Crippen LogP contribution is -2.00. The number of ether oxygens (including phenoxy) is 1. The van der Waals surface area contributed by atoms with Crippen molar-refractivity contribution in [1.82, 2.24) is 10.3 Å². The maximum Gasteiger partial charge on any atom is 0.187 e. The molecule has 1 saturated heterocycles. The van der Waals surface area contributed by atoms with Crippen molar-refractivity contribution in [1.29, 1.82) is 0 Å². The van der Waals surface area contributed by atoms with Gasteiger partial charge in [0.1, 0.15) is 11.5 Å². The molecule has 2 aliphatic rings. The van der Waals surface area contributed by atoms with Crippen LogP contribution in [-0.4, -0.2) is 28.5 Å². The summed E-state index contributed by atoms with van der Waals surface area (Å²) in [5, 5.41) is 11.4. The molecular weight excluding hydrogens is 707 g/mol. The van der Waals surface area contributed by atoms with Crippen LogP contribution in [0.25, 0.3) is 54.2 Å². The number of nitrogens with two attached hydrogens (primary N) is 2. The van der Waals surface area contributed by atoms with Gasteiger partial charge in [-0.3, -0.25) is 0 Å². The lowest BCUT2D eigenvalue weighted by atomic mass is 9.90. The maximum absolute atomic E-state index is 7.34. The van der Waals surface area contributed by atoms with Crippen LogP contribution in [0, 0.1) is 54.7 Å². The number of aromatic nitrogens is 2. The van der Waals surface area contributed by atoms with Gasteiger partial charge in [-0.25, -0.2) is 9.69 Å². The highest BCUT2D eigenvalue weighted by atomic mass is 32.1. The van der Waals surface area contributed by atoms with E-state index in [0.717, 1.165) is 102 Å². The predicted octanol–water partition coefficient (Wildman–Crippen LogP) is 11.2. The van der Waals surface area contributed by atoms with Gasteiger partial charge in [-0.05, 0) is 135 Å².